The number of aromatic amines is 1. The highest BCUT2D eigenvalue weighted by atomic mass is 16.3. The normalized spacial score (nSPS) is 39.4. The molecule has 198 valence electrons. The van der Waals surface area contributed by atoms with Crippen LogP contribution in [0.2, 0.25) is 0 Å². The topological polar surface area (TPSA) is 146 Å². The quantitative estimate of drug-likeness (QED) is 0.285. The Balaban J connectivity index is 1.28. The monoisotopic (exact) mass is 517 g/mol. The molecule has 8 rings (SSSR count). The Labute approximate surface area is 219 Å². The molecule has 9 heteroatoms. The van der Waals surface area contributed by atoms with E-state index in [1.807, 2.05) is 12.1 Å². The number of quaternary nitrogens is 1. The van der Waals surface area contributed by atoms with E-state index < -0.39 is 34.4 Å². The lowest BCUT2D eigenvalue weighted by Gasteiger charge is -2.54. The molecule has 38 heavy (non-hydrogen) atoms. The van der Waals surface area contributed by atoms with Gasteiger partial charge >= 0.3 is 0 Å². The summed E-state index contributed by atoms with van der Waals surface area (Å²) in [7, 11) is 0. The zero-order valence-electron chi connectivity index (χ0n) is 21.4. The van der Waals surface area contributed by atoms with Crippen molar-refractivity contribution < 1.29 is 24.3 Å². The third-order valence-corrected chi connectivity index (χ3v) is 11.5. The Bertz CT molecular complexity index is 1530. The van der Waals surface area contributed by atoms with E-state index in [9.17, 15) is 24.6 Å². The number of phenols is 1. The average Bonchev–Trinajstić information content (AvgIpc) is 3.77. The molecule has 4 unspecified atom stereocenters. The molecule has 6 N–H and O–H groups in total. The van der Waals surface area contributed by atoms with Crippen LogP contribution in [0.15, 0.2) is 29.1 Å². The fourth-order valence-corrected chi connectivity index (χ4v) is 9.89. The van der Waals surface area contributed by atoms with Gasteiger partial charge in [0.05, 0.1) is 13.1 Å². The standard InChI is InChI=1S/C29H32N4O5/c1-14(24(30)35)31-25(36)19-6-17-9-29(38)27(10-23(17)32-26(19)37)20-8-18(34)5-4-16(20)7-21-22(27)12-33(11-15-2-3-15)13-28(21,29)33/h4-6,8,14-15,21-22,38H,2-3,7,9-13H2,1H3,(H4-,30,31,32,34,35,36,37)/p+1/t14-,21?,22?,27+,28?,29-,33?/m0/s1. The number of amides is 2. The van der Waals surface area contributed by atoms with Gasteiger partial charge in [-0.05, 0) is 61.1 Å². The van der Waals surface area contributed by atoms with Crippen LogP contribution < -0.4 is 16.6 Å². The molecule has 7 atom stereocenters. The van der Waals surface area contributed by atoms with Crippen molar-refractivity contribution in [2.45, 2.75) is 61.6 Å². The van der Waals surface area contributed by atoms with E-state index in [2.05, 4.69) is 10.3 Å². The minimum absolute atomic E-state index is 0.0763. The molecule has 2 spiro atoms. The number of pyridine rings is 1. The molecule has 2 aromatic rings. The van der Waals surface area contributed by atoms with Gasteiger partial charge in [0.1, 0.15) is 29.5 Å². The molecule has 6 aliphatic rings. The summed E-state index contributed by atoms with van der Waals surface area (Å²) in [6.07, 6.45) is 4.26. The van der Waals surface area contributed by atoms with Crippen LogP contribution in [0, 0.1) is 17.8 Å². The van der Waals surface area contributed by atoms with Crippen molar-refractivity contribution in [1.82, 2.24) is 10.3 Å². The molecule has 2 aliphatic heterocycles. The maximum absolute atomic E-state index is 13.1. The van der Waals surface area contributed by atoms with Crippen molar-refractivity contribution in [3.05, 3.63) is 62.6 Å². The van der Waals surface area contributed by atoms with Gasteiger partial charge in [0.2, 0.25) is 5.91 Å². The Morgan fingerprint density at radius 2 is 2.00 bits per heavy atom. The number of nitrogens with two attached hydrogens (primary N) is 1. The lowest BCUT2D eigenvalue weighted by atomic mass is 9.53. The zero-order valence-corrected chi connectivity index (χ0v) is 21.4. The van der Waals surface area contributed by atoms with E-state index in [1.54, 1.807) is 12.1 Å². The maximum Gasteiger partial charge on any atom is 0.261 e. The van der Waals surface area contributed by atoms with Crippen LogP contribution in [-0.4, -0.2) is 68.3 Å². The number of nitrogens with zero attached hydrogens (tertiary/aromatic N) is 1. The number of H-pyrrole nitrogens is 1. The Morgan fingerprint density at radius 1 is 1.21 bits per heavy atom. The summed E-state index contributed by atoms with van der Waals surface area (Å²) in [6.45, 7) is 4.63. The highest BCUT2D eigenvalue weighted by Gasteiger charge is 2.98. The lowest BCUT2D eigenvalue weighted by Crippen LogP contribution is -2.68. The number of benzene rings is 1. The number of aromatic hydroxyl groups is 1. The van der Waals surface area contributed by atoms with Gasteiger partial charge in [0.15, 0.2) is 5.54 Å². The number of primary amides is 1. The van der Waals surface area contributed by atoms with Crippen LogP contribution in [-0.2, 0) is 29.5 Å². The molecule has 1 aromatic heterocycles. The molecule has 2 saturated heterocycles. The summed E-state index contributed by atoms with van der Waals surface area (Å²) in [6, 6.07) is 6.31. The summed E-state index contributed by atoms with van der Waals surface area (Å²) in [5.41, 5.74) is 6.56. The van der Waals surface area contributed by atoms with E-state index in [-0.39, 0.29) is 22.8 Å². The van der Waals surface area contributed by atoms with Crippen LogP contribution in [0.1, 0.15) is 52.5 Å². The number of piperidine rings is 2. The molecule has 4 aliphatic carbocycles. The summed E-state index contributed by atoms with van der Waals surface area (Å²) in [4.78, 5) is 40.5. The molecular formula is C29H33N4O5+. The SMILES string of the molecule is C[C@H](NC(=O)c1cc2c([nH]c1=O)C[C@@]13c4cc(O)ccc4CC4C1C[N+]1(CC5CC5)CC41[C@]3(O)C2)C(N)=O. The molecule has 0 radical (unpaired) electrons. The molecule has 9 nitrogen and oxygen atoms in total. The largest absolute Gasteiger partial charge is 0.508 e. The number of hydrogen-bond acceptors (Lipinski definition) is 5. The number of aliphatic hydroxyl groups is 1. The highest BCUT2D eigenvalue weighted by Crippen LogP contribution is 2.80. The lowest BCUT2D eigenvalue weighted by molar-refractivity contribution is -0.835. The van der Waals surface area contributed by atoms with Crippen molar-refractivity contribution in [3.8, 4) is 5.75 Å². The summed E-state index contributed by atoms with van der Waals surface area (Å²) in [5, 5.41) is 26.2. The number of carbonyl (C=O) groups is 2. The second-order valence-corrected chi connectivity index (χ2v) is 13.1. The van der Waals surface area contributed by atoms with E-state index in [1.165, 1.54) is 25.3 Å². The number of fused-ring (bicyclic) bond motifs is 2. The van der Waals surface area contributed by atoms with E-state index in [0.717, 1.165) is 53.3 Å². The van der Waals surface area contributed by atoms with E-state index >= 15 is 0 Å². The fourth-order valence-electron chi connectivity index (χ4n) is 9.89. The number of nitrogens with one attached hydrogen (secondary N) is 2. The second-order valence-electron chi connectivity index (χ2n) is 13.1. The van der Waals surface area contributed by atoms with Gasteiger partial charge in [0, 0.05) is 41.7 Å². The Morgan fingerprint density at radius 3 is 2.74 bits per heavy atom. The molecule has 4 fully saturated rings. The molecule has 4 bridgehead atoms. The van der Waals surface area contributed by atoms with Crippen LogP contribution >= 0.6 is 0 Å². The highest BCUT2D eigenvalue weighted by molar-refractivity contribution is 5.97. The van der Waals surface area contributed by atoms with Crippen molar-refractivity contribution in [1.29, 1.82) is 0 Å². The average molecular weight is 518 g/mol. The first-order valence-corrected chi connectivity index (χ1v) is 13.8. The number of rotatable bonds is 5. The third-order valence-electron chi connectivity index (χ3n) is 11.5. The predicted octanol–water partition coefficient (Wildman–Crippen LogP) is 0.247. The first kappa shape index (κ1) is 22.8. The smallest absolute Gasteiger partial charge is 0.261 e. The van der Waals surface area contributed by atoms with Gasteiger partial charge in [-0.3, -0.25) is 14.4 Å². The van der Waals surface area contributed by atoms with Gasteiger partial charge < -0.3 is 30.7 Å². The molecule has 3 heterocycles. The summed E-state index contributed by atoms with van der Waals surface area (Å²) in [5.74, 6) is 0.225. The number of hydrogen-bond donors (Lipinski definition) is 5. The van der Waals surface area contributed by atoms with Crippen molar-refractivity contribution in [2.24, 2.45) is 23.5 Å². The van der Waals surface area contributed by atoms with Gasteiger partial charge in [-0.1, -0.05) is 6.07 Å². The fraction of sp³-hybridized carbons (Fsp3) is 0.552. The first-order chi connectivity index (χ1) is 18.0. The van der Waals surface area contributed by atoms with Crippen LogP contribution in [0.4, 0.5) is 0 Å². The van der Waals surface area contributed by atoms with Gasteiger partial charge in [-0.15, -0.1) is 0 Å². The summed E-state index contributed by atoms with van der Waals surface area (Å²) < 4.78 is 0.993. The van der Waals surface area contributed by atoms with Crippen LogP contribution in [0.5, 0.6) is 5.75 Å². The van der Waals surface area contributed by atoms with Gasteiger partial charge in [0.25, 0.3) is 11.5 Å². The Hall–Kier alpha value is -3.17. The van der Waals surface area contributed by atoms with Crippen molar-refractivity contribution >= 4 is 11.8 Å². The molecule has 1 aromatic carbocycles. The minimum Gasteiger partial charge on any atom is -0.508 e. The Kier molecular flexibility index (Phi) is 4.01. The first-order valence-electron chi connectivity index (χ1n) is 13.8. The minimum atomic E-state index is -1.05. The van der Waals surface area contributed by atoms with Crippen LogP contribution in [0.3, 0.4) is 0 Å². The maximum atomic E-state index is 13.1. The molecule has 2 saturated carbocycles. The van der Waals surface area contributed by atoms with Gasteiger partial charge in [-0.2, -0.15) is 0 Å². The van der Waals surface area contributed by atoms with Crippen LogP contribution in [0.25, 0.3) is 0 Å². The molecular weight excluding hydrogens is 484 g/mol. The third kappa shape index (κ3) is 2.40. The number of phenolic OH excluding ortho intramolecular Hbond substituents is 1. The van der Waals surface area contributed by atoms with Gasteiger partial charge in [-0.25, -0.2) is 0 Å². The zero-order chi connectivity index (χ0) is 26.4. The van der Waals surface area contributed by atoms with Crippen molar-refractivity contribution in [3.63, 3.8) is 0 Å². The van der Waals surface area contributed by atoms with E-state index in [0.29, 0.717) is 18.8 Å². The predicted molar refractivity (Wildman–Crippen MR) is 136 cm³/mol. The van der Waals surface area contributed by atoms with Crippen molar-refractivity contribution in [2.75, 3.05) is 19.6 Å². The molecule has 2 amide bonds. The van der Waals surface area contributed by atoms with E-state index in [4.69, 9.17) is 5.73 Å². The second kappa shape index (κ2) is 6.69. The number of carbonyl (C=O) groups excluding carboxylic acids is 2. The summed E-state index contributed by atoms with van der Waals surface area (Å²) >= 11 is 0. The number of aromatic nitrogens is 1.